The third-order valence-corrected chi connectivity index (χ3v) is 5.51. The van der Waals surface area contributed by atoms with Gasteiger partial charge in [0, 0.05) is 36.6 Å². The molecule has 3 heterocycles. The number of anilines is 2. The summed E-state index contributed by atoms with van der Waals surface area (Å²) in [5.41, 5.74) is 5.53. The highest BCUT2D eigenvalue weighted by atomic mass is 16.5. The molecule has 0 saturated carbocycles. The van der Waals surface area contributed by atoms with E-state index in [9.17, 15) is 5.11 Å². The van der Waals surface area contributed by atoms with E-state index in [2.05, 4.69) is 31.2 Å². The first-order valence-corrected chi connectivity index (χ1v) is 11.3. The van der Waals surface area contributed by atoms with Crippen LogP contribution in [0.3, 0.4) is 0 Å². The van der Waals surface area contributed by atoms with Crippen LogP contribution in [0, 0.1) is 13.8 Å². The summed E-state index contributed by atoms with van der Waals surface area (Å²) in [6, 6.07) is 11.9. The van der Waals surface area contributed by atoms with Crippen LogP contribution >= 0.6 is 0 Å². The third-order valence-electron chi connectivity index (χ3n) is 5.51. The fourth-order valence-corrected chi connectivity index (χ4v) is 4.01. The number of benzene rings is 1. The molecule has 3 aromatic rings. The third kappa shape index (κ3) is 6.04. The van der Waals surface area contributed by atoms with Crippen LogP contribution in [0.1, 0.15) is 41.2 Å². The molecule has 0 radical (unpaired) electrons. The summed E-state index contributed by atoms with van der Waals surface area (Å²) in [6.45, 7) is 9.41. The fraction of sp³-hybridized carbons (Fsp3) is 0.400. The number of pyridine rings is 1. The molecule has 0 aliphatic carbocycles. The molecule has 1 saturated heterocycles. The molecule has 0 unspecified atom stereocenters. The number of aliphatic hydroxyl groups excluding tert-OH is 1. The maximum atomic E-state index is 9.67. The van der Waals surface area contributed by atoms with Crippen molar-refractivity contribution in [1.82, 2.24) is 19.9 Å². The zero-order chi connectivity index (χ0) is 23.2. The van der Waals surface area contributed by atoms with Gasteiger partial charge in [0.1, 0.15) is 11.9 Å². The second-order valence-corrected chi connectivity index (χ2v) is 8.20. The molecule has 8 nitrogen and oxygen atoms in total. The van der Waals surface area contributed by atoms with Crippen LogP contribution in [0.4, 0.5) is 11.6 Å². The molecule has 0 spiro atoms. The zero-order valence-corrected chi connectivity index (χ0v) is 19.4. The summed E-state index contributed by atoms with van der Waals surface area (Å²) in [7, 11) is 0. The van der Waals surface area contributed by atoms with Gasteiger partial charge in [-0.2, -0.15) is 0 Å². The monoisotopic (exact) mass is 449 g/mol. The molecule has 1 aromatic carbocycles. The van der Waals surface area contributed by atoms with Crippen LogP contribution in [0.25, 0.3) is 0 Å². The van der Waals surface area contributed by atoms with Crippen molar-refractivity contribution < 1.29 is 14.6 Å². The van der Waals surface area contributed by atoms with Crippen molar-refractivity contribution in [1.29, 1.82) is 0 Å². The number of morpholine rings is 1. The van der Waals surface area contributed by atoms with Crippen molar-refractivity contribution in [3.63, 3.8) is 0 Å². The molecule has 8 heteroatoms. The molecule has 1 fully saturated rings. The maximum Gasteiger partial charge on any atom is 0.227 e. The zero-order valence-electron chi connectivity index (χ0n) is 19.4. The number of aliphatic hydroxyl groups is 1. The number of rotatable bonds is 8. The van der Waals surface area contributed by atoms with E-state index in [4.69, 9.17) is 9.47 Å². The smallest absolute Gasteiger partial charge is 0.227 e. The van der Waals surface area contributed by atoms with Crippen LogP contribution in [-0.4, -0.2) is 51.3 Å². The normalized spacial score (nSPS) is 16.5. The number of aryl methyl sites for hydroxylation is 2. The predicted octanol–water partition coefficient (Wildman–Crippen LogP) is 3.70. The van der Waals surface area contributed by atoms with Gasteiger partial charge >= 0.3 is 0 Å². The minimum absolute atomic E-state index is 0.0353. The Morgan fingerprint density at radius 3 is 2.67 bits per heavy atom. The summed E-state index contributed by atoms with van der Waals surface area (Å²) in [6.07, 6.45) is 1.70. The van der Waals surface area contributed by atoms with Crippen molar-refractivity contribution in [2.24, 2.45) is 0 Å². The summed E-state index contributed by atoms with van der Waals surface area (Å²) < 4.78 is 11.6. The minimum atomic E-state index is -0.0923. The fourth-order valence-electron chi connectivity index (χ4n) is 4.01. The van der Waals surface area contributed by atoms with Gasteiger partial charge in [0.15, 0.2) is 0 Å². The molecule has 2 aromatic heterocycles. The van der Waals surface area contributed by atoms with E-state index in [1.54, 1.807) is 6.20 Å². The number of ether oxygens (including phenoxy) is 2. The van der Waals surface area contributed by atoms with Gasteiger partial charge in [-0.15, -0.1) is 0 Å². The Bertz CT molecular complexity index is 1050. The van der Waals surface area contributed by atoms with Crippen molar-refractivity contribution in [3.8, 4) is 5.75 Å². The largest absolute Gasteiger partial charge is 0.494 e. The average Bonchev–Trinajstić information content (AvgIpc) is 2.80. The summed E-state index contributed by atoms with van der Waals surface area (Å²) >= 11 is 0. The van der Waals surface area contributed by atoms with Crippen LogP contribution in [0.15, 0.2) is 42.6 Å². The Morgan fingerprint density at radius 2 is 1.97 bits per heavy atom. The quantitative estimate of drug-likeness (QED) is 0.538. The van der Waals surface area contributed by atoms with Gasteiger partial charge in [-0.25, -0.2) is 9.97 Å². The first kappa shape index (κ1) is 23.1. The standard InChI is InChI=1S/C25H31N5O3/c1-4-32-23-8-5-19(12-20(23)16-31)14-30-9-10-33-24(15-30)22-7-6-21(13-26-22)29-25-27-17(2)11-18(3)28-25/h5-8,11-13,24,31H,4,9-10,14-16H2,1-3H3,(H,27,28,29)/t24-/m0/s1. The SMILES string of the molecule is CCOc1ccc(CN2CCO[C@H](c3ccc(Nc4nc(C)cc(C)n4)cn3)C2)cc1CO. The summed E-state index contributed by atoms with van der Waals surface area (Å²) in [4.78, 5) is 15.8. The van der Waals surface area contributed by atoms with Crippen LogP contribution in [-0.2, 0) is 17.9 Å². The first-order chi connectivity index (χ1) is 16.0. The summed E-state index contributed by atoms with van der Waals surface area (Å²) in [5.74, 6) is 1.31. The minimum Gasteiger partial charge on any atom is -0.494 e. The van der Waals surface area contributed by atoms with E-state index in [-0.39, 0.29) is 12.7 Å². The lowest BCUT2D eigenvalue weighted by molar-refractivity contribution is -0.0349. The number of aromatic nitrogens is 3. The van der Waals surface area contributed by atoms with E-state index >= 15 is 0 Å². The lowest BCUT2D eigenvalue weighted by Crippen LogP contribution is -2.38. The Balaban J connectivity index is 1.39. The Hall–Kier alpha value is -3.07. The van der Waals surface area contributed by atoms with E-state index in [0.717, 1.165) is 59.3 Å². The Kier molecular flexibility index (Phi) is 7.49. The molecular weight excluding hydrogens is 418 g/mol. The highest BCUT2D eigenvalue weighted by Crippen LogP contribution is 2.25. The molecule has 174 valence electrons. The molecule has 0 amide bonds. The number of hydrogen-bond donors (Lipinski definition) is 2. The molecule has 0 bridgehead atoms. The van der Waals surface area contributed by atoms with Gasteiger partial charge in [-0.05, 0) is 56.7 Å². The molecule has 4 rings (SSSR count). The van der Waals surface area contributed by atoms with Gasteiger partial charge in [0.05, 0.1) is 37.4 Å². The van der Waals surface area contributed by atoms with Gasteiger partial charge in [-0.3, -0.25) is 9.88 Å². The Morgan fingerprint density at radius 1 is 1.15 bits per heavy atom. The van der Waals surface area contributed by atoms with Gasteiger partial charge in [0.2, 0.25) is 5.95 Å². The molecular formula is C25H31N5O3. The number of hydrogen-bond acceptors (Lipinski definition) is 8. The van der Waals surface area contributed by atoms with Gasteiger partial charge < -0.3 is 19.9 Å². The van der Waals surface area contributed by atoms with Gasteiger partial charge in [-0.1, -0.05) is 6.07 Å². The lowest BCUT2D eigenvalue weighted by atomic mass is 10.1. The number of nitrogens with zero attached hydrogens (tertiary/aromatic N) is 4. The van der Waals surface area contributed by atoms with Crippen molar-refractivity contribution in [2.75, 3.05) is 31.6 Å². The van der Waals surface area contributed by atoms with Crippen molar-refractivity contribution >= 4 is 11.6 Å². The topological polar surface area (TPSA) is 92.6 Å². The predicted molar refractivity (Wildman–Crippen MR) is 127 cm³/mol. The van der Waals surface area contributed by atoms with E-state index in [0.29, 0.717) is 19.2 Å². The van der Waals surface area contributed by atoms with Crippen molar-refractivity contribution in [2.45, 2.75) is 40.0 Å². The van der Waals surface area contributed by atoms with Gasteiger partial charge in [0.25, 0.3) is 0 Å². The highest BCUT2D eigenvalue weighted by molar-refractivity contribution is 5.52. The lowest BCUT2D eigenvalue weighted by Gasteiger charge is -2.32. The van der Waals surface area contributed by atoms with Crippen molar-refractivity contribution in [3.05, 3.63) is 70.8 Å². The van der Waals surface area contributed by atoms with E-state index in [1.807, 2.05) is 51.1 Å². The maximum absolute atomic E-state index is 9.67. The molecule has 1 aliphatic heterocycles. The molecule has 1 aliphatic rings. The van der Waals surface area contributed by atoms with Crippen LogP contribution < -0.4 is 10.1 Å². The molecule has 33 heavy (non-hydrogen) atoms. The first-order valence-electron chi connectivity index (χ1n) is 11.3. The number of nitrogens with one attached hydrogen (secondary N) is 1. The Labute approximate surface area is 194 Å². The second-order valence-electron chi connectivity index (χ2n) is 8.20. The highest BCUT2D eigenvalue weighted by Gasteiger charge is 2.23. The van der Waals surface area contributed by atoms with E-state index in [1.165, 1.54) is 0 Å². The van der Waals surface area contributed by atoms with E-state index < -0.39 is 0 Å². The summed E-state index contributed by atoms with van der Waals surface area (Å²) in [5, 5.41) is 12.9. The molecule has 2 N–H and O–H groups in total. The van der Waals surface area contributed by atoms with Crippen LogP contribution in [0.2, 0.25) is 0 Å². The second kappa shape index (κ2) is 10.7. The molecule has 1 atom stereocenters. The van der Waals surface area contributed by atoms with Crippen LogP contribution in [0.5, 0.6) is 5.75 Å². The average molecular weight is 450 g/mol.